The zero-order chi connectivity index (χ0) is 8.81. The fourth-order valence-corrected chi connectivity index (χ4v) is 1.12. The molecule has 0 heterocycles. The van der Waals surface area contributed by atoms with E-state index < -0.39 is 0 Å². The zero-order valence-corrected chi connectivity index (χ0v) is 7.42. The molecule has 12 heavy (non-hydrogen) atoms. The second-order valence-electron chi connectivity index (χ2n) is 2.53. The van der Waals surface area contributed by atoms with Gasteiger partial charge in [-0.3, -0.25) is 0 Å². The summed E-state index contributed by atoms with van der Waals surface area (Å²) < 4.78 is 5.44. The molecule has 0 aliphatic carbocycles. The van der Waals surface area contributed by atoms with Gasteiger partial charge in [0.15, 0.2) is 0 Å². The summed E-state index contributed by atoms with van der Waals surface area (Å²) in [5.74, 6) is 0.972. The predicted molar refractivity (Wildman–Crippen MR) is 51.5 cm³/mol. The van der Waals surface area contributed by atoms with Crippen LogP contribution in [0.15, 0.2) is 36.9 Å². The van der Waals surface area contributed by atoms with Gasteiger partial charge in [-0.25, -0.2) is 0 Å². The van der Waals surface area contributed by atoms with E-state index in [1.807, 2.05) is 31.2 Å². The molecule has 0 amide bonds. The van der Waals surface area contributed by atoms with Crippen molar-refractivity contribution >= 4 is 0 Å². The molecule has 0 saturated carbocycles. The molecule has 0 N–H and O–H groups in total. The summed E-state index contributed by atoms with van der Waals surface area (Å²) in [7, 11) is 0. The van der Waals surface area contributed by atoms with Crippen LogP contribution in [0.25, 0.3) is 0 Å². The van der Waals surface area contributed by atoms with Crippen LogP contribution < -0.4 is 4.74 Å². The van der Waals surface area contributed by atoms with Gasteiger partial charge in [0, 0.05) is 0 Å². The summed E-state index contributed by atoms with van der Waals surface area (Å²) in [5.41, 5.74) is 1.20. The maximum absolute atomic E-state index is 5.44. The van der Waals surface area contributed by atoms with Crippen molar-refractivity contribution in [1.82, 2.24) is 0 Å². The topological polar surface area (TPSA) is 9.23 Å². The molecule has 0 aromatic heterocycles. The molecule has 0 fully saturated rings. The molecular weight excluding hydrogens is 148 g/mol. The van der Waals surface area contributed by atoms with E-state index in [-0.39, 0.29) is 0 Å². The summed E-state index contributed by atoms with van der Waals surface area (Å²) in [6.07, 6.45) is 2.76. The van der Waals surface area contributed by atoms with E-state index in [1.54, 1.807) is 0 Å². The van der Waals surface area contributed by atoms with Crippen LogP contribution in [0.5, 0.6) is 5.75 Å². The lowest BCUT2D eigenvalue weighted by atomic mass is 10.1. The third kappa shape index (κ3) is 2.12. The average molecular weight is 162 g/mol. The summed E-state index contributed by atoms with van der Waals surface area (Å²) in [6.45, 7) is 6.41. The van der Waals surface area contributed by atoms with Crippen LogP contribution in [-0.2, 0) is 6.42 Å². The van der Waals surface area contributed by atoms with Gasteiger partial charge in [-0.2, -0.15) is 0 Å². The van der Waals surface area contributed by atoms with Gasteiger partial charge in [0.05, 0.1) is 6.61 Å². The Morgan fingerprint density at radius 2 is 2.17 bits per heavy atom. The molecule has 0 bridgehead atoms. The van der Waals surface area contributed by atoms with Crippen LogP contribution in [0.1, 0.15) is 12.5 Å². The first-order valence-corrected chi connectivity index (χ1v) is 4.20. The van der Waals surface area contributed by atoms with Crippen molar-refractivity contribution < 1.29 is 4.74 Å². The minimum Gasteiger partial charge on any atom is -0.494 e. The van der Waals surface area contributed by atoms with E-state index in [2.05, 4.69) is 12.6 Å². The number of allylic oxidation sites excluding steroid dienone is 1. The number of benzene rings is 1. The van der Waals surface area contributed by atoms with Crippen molar-refractivity contribution in [1.29, 1.82) is 0 Å². The molecule has 64 valence electrons. The van der Waals surface area contributed by atoms with Crippen molar-refractivity contribution in [2.45, 2.75) is 13.3 Å². The fraction of sp³-hybridized carbons (Fsp3) is 0.273. The van der Waals surface area contributed by atoms with Crippen molar-refractivity contribution in [3.05, 3.63) is 42.5 Å². The summed E-state index contributed by atoms with van der Waals surface area (Å²) in [5, 5.41) is 0. The van der Waals surface area contributed by atoms with Crippen LogP contribution >= 0.6 is 0 Å². The Morgan fingerprint density at radius 1 is 1.42 bits per heavy atom. The molecule has 0 saturated heterocycles. The second-order valence-corrected chi connectivity index (χ2v) is 2.53. The maximum atomic E-state index is 5.44. The smallest absolute Gasteiger partial charge is 0.122 e. The number of hydrogen-bond donors (Lipinski definition) is 0. The van der Waals surface area contributed by atoms with Crippen molar-refractivity contribution in [3.8, 4) is 5.75 Å². The lowest BCUT2D eigenvalue weighted by Gasteiger charge is -2.07. The SMILES string of the molecule is C=CCc1ccccc1OCC. The van der Waals surface area contributed by atoms with Crippen molar-refractivity contribution in [3.63, 3.8) is 0 Å². The van der Waals surface area contributed by atoms with Gasteiger partial charge in [-0.1, -0.05) is 24.3 Å². The molecule has 0 unspecified atom stereocenters. The molecular formula is C11H14O. The van der Waals surface area contributed by atoms with Crippen LogP contribution in [-0.4, -0.2) is 6.61 Å². The minimum atomic E-state index is 0.716. The van der Waals surface area contributed by atoms with Gasteiger partial charge >= 0.3 is 0 Å². The van der Waals surface area contributed by atoms with Gasteiger partial charge in [-0.15, -0.1) is 6.58 Å². The van der Waals surface area contributed by atoms with Gasteiger partial charge in [0.2, 0.25) is 0 Å². The van der Waals surface area contributed by atoms with Gasteiger partial charge in [0.25, 0.3) is 0 Å². The Bertz CT molecular complexity index is 253. The van der Waals surface area contributed by atoms with Crippen LogP contribution in [0.2, 0.25) is 0 Å². The van der Waals surface area contributed by atoms with Gasteiger partial charge in [-0.05, 0) is 25.0 Å². The first kappa shape index (κ1) is 8.85. The number of rotatable bonds is 4. The van der Waals surface area contributed by atoms with Crippen LogP contribution in [0.3, 0.4) is 0 Å². The number of hydrogen-bond acceptors (Lipinski definition) is 1. The largest absolute Gasteiger partial charge is 0.494 e. The zero-order valence-electron chi connectivity index (χ0n) is 7.42. The van der Waals surface area contributed by atoms with E-state index in [0.717, 1.165) is 12.2 Å². The molecule has 0 aliphatic heterocycles. The highest BCUT2D eigenvalue weighted by Gasteiger charge is 1.98. The lowest BCUT2D eigenvalue weighted by Crippen LogP contribution is -1.95. The Hall–Kier alpha value is -1.24. The molecule has 1 heteroatoms. The molecule has 0 aliphatic rings. The Kier molecular flexibility index (Phi) is 3.39. The fourth-order valence-electron chi connectivity index (χ4n) is 1.12. The van der Waals surface area contributed by atoms with Crippen LogP contribution in [0.4, 0.5) is 0 Å². The number of ether oxygens (including phenoxy) is 1. The van der Waals surface area contributed by atoms with E-state index >= 15 is 0 Å². The molecule has 0 spiro atoms. The average Bonchev–Trinajstić information content (AvgIpc) is 2.09. The molecule has 0 radical (unpaired) electrons. The molecule has 1 nitrogen and oxygen atoms in total. The predicted octanol–water partition coefficient (Wildman–Crippen LogP) is 2.81. The van der Waals surface area contributed by atoms with Gasteiger partial charge in [0.1, 0.15) is 5.75 Å². The second kappa shape index (κ2) is 4.60. The Labute approximate surface area is 73.7 Å². The van der Waals surface area contributed by atoms with Gasteiger partial charge < -0.3 is 4.74 Å². The molecule has 1 aromatic rings. The highest BCUT2D eigenvalue weighted by Crippen LogP contribution is 2.18. The molecule has 0 atom stereocenters. The van der Waals surface area contributed by atoms with Crippen LogP contribution in [0, 0.1) is 0 Å². The van der Waals surface area contributed by atoms with Crippen molar-refractivity contribution in [2.75, 3.05) is 6.61 Å². The van der Waals surface area contributed by atoms with E-state index in [1.165, 1.54) is 5.56 Å². The third-order valence-corrected chi connectivity index (χ3v) is 1.64. The maximum Gasteiger partial charge on any atom is 0.122 e. The third-order valence-electron chi connectivity index (χ3n) is 1.64. The lowest BCUT2D eigenvalue weighted by molar-refractivity contribution is 0.337. The van der Waals surface area contributed by atoms with E-state index in [4.69, 9.17) is 4.74 Å². The highest BCUT2D eigenvalue weighted by atomic mass is 16.5. The quantitative estimate of drug-likeness (QED) is 0.618. The minimum absolute atomic E-state index is 0.716. The highest BCUT2D eigenvalue weighted by molar-refractivity contribution is 5.34. The standard InChI is InChI=1S/C11H14O/c1-3-7-10-8-5-6-9-11(10)12-4-2/h3,5-6,8-9H,1,4,7H2,2H3. The van der Waals surface area contributed by atoms with E-state index in [0.29, 0.717) is 6.61 Å². The Balaban J connectivity index is 2.83. The van der Waals surface area contributed by atoms with Crippen molar-refractivity contribution in [2.24, 2.45) is 0 Å². The summed E-state index contributed by atoms with van der Waals surface area (Å²) in [4.78, 5) is 0. The number of para-hydroxylation sites is 1. The summed E-state index contributed by atoms with van der Waals surface area (Å²) in [6, 6.07) is 8.05. The molecule has 1 rings (SSSR count). The first-order chi connectivity index (χ1) is 5.88. The Morgan fingerprint density at radius 3 is 2.83 bits per heavy atom. The molecule has 1 aromatic carbocycles. The normalized spacial score (nSPS) is 9.42. The van der Waals surface area contributed by atoms with E-state index in [9.17, 15) is 0 Å². The summed E-state index contributed by atoms with van der Waals surface area (Å²) >= 11 is 0. The first-order valence-electron chi connectivity index (χ1n) is 4.20. The monoisotopic (exact) mass is 162 g/mol.